The average Bonchev–Trinajstić information content (AvgIpc) is 3.47. The van der Waals surface area contributed by atoms with E-state index in [9.17, 15) is 14.0 Å². The fourth-order valence-electron chi connectivity index (χ4n) is 4.49. The smallest absolute Gasteiger partial charge is 0.338 e. The highest BCUT2D eigenvalue weighted by molar-refractivity contribution is 8.16. The van der Waals surface area contributed by atoms with E-state index in [0.29, 0.717) is 35.0 Å². The summed E-state index contributed by atoms with van der Waals surface area (Å²) >= 11 is 1.41. The molecular weight excluding hydrogens is 443 g/mol. The highest BCUT2D eigenvalue weighted by atomic mass is 32.2. The highest BCUT2D eigenvalue weighted by Gasteiger charge is 2.41. The molecule has 1 N–H and O–H groups in total. The van der Waals surface area contributed by atoms with Crippen molar-refractivity contribution in [2.24, 2.45) is 4.99 Å². The number of amidine groups is 1. The number of rotatable bonds is 8. The Morgan fingerprint density at radius 1 is 1.30 bits per heavy atom. The van der Waals surface area contributed by atoms with Gasteiger partial charge in [-0.2, -0.15) is 0 Å². The summed E-state index contributed by atoms with van der Waals surface area (Å²) in [5.41, 5.74) is 2.32. The largest absolute Gasteiger partial charge is 0.466 e. The summed E-state index contributed by atoms with van der Waals surface area (Å²) in [6.45, 7) is 5.53. The summed E-state index contributed by atoms with van der Waals surface area (Å²) in [6, 6.07) is 5.57. The molecule has 1 aromatic carbocycles. The third-order valence-corrected chi connectivity index (χ3v) is 6.97. The molecule has 176 valence electrons. The van der Waals surface area contributed by atoms with E-state index < -0.39 is 17.8 Å². The highest BCUT2D eigenvalue weighted by Crippen LogP contribution is 2.45. The van der Waals surface area contributed by atoms with Gasteiger partial charge in [-0.25, -0.2) is 14.2 Å². The first-order valence-corrected chi connectivity index (χ1v) is 12.2. The van der Waals surface area contributed by atoms with Crippen LogP contribution in [0.15, 0.2) is 51.6 Å². The molecule has 3 aliphatic heterocycles. The molecule has 0 aromatic heterocycles. The normalized spacial score (nSPS) is 20.5. The number of amides is 1. The Labute approximate surface area is 197 Å². The number of nitrogens with zero attached hydrogens (tertiary/aromatic N) is 3. The van der Waals surface area contributed by atoms with Crippen LogP contribution in [0.5, 0.6) is 0 Å². The van der Waals surface area contributed by atoms with Crippen LogP contribution in [0.4, 0.5) is 4.39 Å². The number of ether oxygens (including phenoxy) is 1. The zero-order valence-corrected chi connectivity index (χ0v) is 19.8. The molecule has 1 atom stereocenters. The Kier molecular flexibility index (Phi) is 7.49. The van der Waals surface area contributed by atoms with Crippen molar-refractivity contribution in [3.05, 3.63) is 58.0 Å². The SMILES string of the molecule is CCC1=C(C(=O)OC)C(c2cccc(F)c2)N2C(CC(=O)NCCN3CCCC3)=CSC2=N1. The zero-order chi connectivity index (χ0) is 23.4. The Hall–Kier alpha value is -2.65. The second-order valence-corrected chi connectivity index (χ2v) is 9.07. The number of hydrogen-bond acceptors (Lipinski definition) is 7. The predicted molar refractivity (Wildman–Crippen MR) is 127 cm³/mol. The summed E-state index contributed by atoms with van der Waals surface area (Å²) < 4.78 is 19.2. The molecule has 3 aliphatic rings. The van der Waals surface area contributed by atoms with Crippen LogP contribution in [-0.2, 0) is 14.3 Å². The third-order valence-electron chi connectivity index (χ3n) is 6.08. The van der Waals surface area contributed by atoms with E-state index in [0.717, 1.165) is 25.3 Å². The van der Waals surface area contributed by atoms with Crippen LogP contribution in [0.25, 0.3) is 0 Å². The fourth-order valence-corrected chi connectivity index (χ4v) is 5.43. The number of aliphatic imine (C=N–C) groups is 1. The van der Waals surface area contributed by atoms with Crippen LogP contribution in [0, 0.1) is 5.82 Å². The molecule has 0 bridgehead atoms. The fraction of sp³-hybridized carbons (Fsp3) is 0.458. The number of methoxy groups -OCH3 is 1. The molecule has 4 rings (SSSR count). The Balaban J connectivity index is 1.57. The van der Waals surface area contributed by atoms with Gasteiger partial charge in [0.05, 0.1) is 30.8 Å². The van der Waals surface area contributed by atoms with Crippen molar-refractivity contribution in [2.45, 2.75) is 38.6 Å². The van der Waals surface area contributed by atoms with Gasteiger partial charge in [-0.1, -0.05) is 30.8 Å². The molecule has 1 saturated heterocycles. The topological polar surface area (TPSA) is 74.2 Å². The Morgan fingerprint density at radius 2 is 2.09 bits per heavy atom. The Morgan fingerprint density at radius 3 is 2.79 bits per heavy atom. The van der Waals surface area contributed by atoms with Crippen molar-refractivity contribution in [1.29, 1.82) is 0 Å². The minimum absolute atomic E-state index is 0.0924. The van der Waals surface area contributed by atoms with Gasteiger partial charge in [-0.3, -0.25) is 4.79 Å². The van der Waals surface area contributed by atoms with Gasteiger partial charge in [0.2, 0.25) is 5.91 Å². The van der Waals surface area contributed by atoms with Gasteiger partial charge in [0.25, 0.3) is 0 Å². The van der Waals surface area contributed by atoms with Crippen LogP contribution in [0.3, 0.4) is 0 Å². The van der Waals surface area contributed by atoms with Crippen LogP contribution >= 0.6 is 11.8 Å². The van der Waals surface area contributed by atoms with Crippen molar-refractivity contribution in [3.8, 4) is 0 Å². The molecule has 0 aliphatic carbocycles. The molecule has 7 nitrogen and oxygen atoms in total. The van der Waals surface area contributed by atoms with Crippen molar-refractivity contribution in [2.75, 3.05) is 33.3 Å². The molecular formula is C24H29FN4O3S. The number of fused-ring (bicyclic) bond motifs is 1. The maximum absolute atomic E-state index is 14.2. The lowest BCUT2D eigenvalue weighted by Crippen LogP contribution is -2.39. The monoisotopic (exact) mass is 472 g/mol. The van der Waals surface area contributed by atoms with Crippen molar-refractivity contribution < 1.29 is 18.7 Å². The first-order valence-electron chi connectivity index (χ1n) is 11.3. The van der Waals surface area contributed by atoms with E-state index in [4.69, 9.17) is 4.74 Å². The molecule has 1 unspecified atom stereocenters. The summed E-state index contributed by atoms with van der Waals surface area (Å²) in [5.74, 6) is -0.990. The molecule has 3 heterocycles. The molecule has 0 radical (unpaired) electrons. The molecule has 0 saturated carbocycles. The second kappa shape index (κ2) is 10.5. The maximum Gasteiger partial charge on any atom is 0.338 e. The first kappa shape index (κ1) is 23.5. The molecule has 1 aromatic rings. The summed E-state index contributed by atoms with van der Waals surface area (Å²) in [6.07, 6.45) is 3.10. The Bertz CT molecular complexity index is 1020. The van der Waals surface area contributed by atoms with E-state index in [1.54, 1.807) is 12.1 Å². The molecule has 33 heavy (non-hydrogen) atoms. The number of carbonyl (C=O) groups excluding carboxylic acids is 2. The van der Waals surface area contributed by atoms with Gasteiger partial charge in [-0.05, 0) is 55.5 Å². The van der Waals surface area contributed by atoms with Crippen molar-refractivity contribution in [1.82, 2.24) is 15.1 Å². The molecule has 1 amide bonds. The minimum atomic E-state index is -0.616. The lowest BCUT2D eigenvalue weighted by Gasteiger charge is -2.36. The van der Waals surface area contributed by atoms with E-state index in [2.05, 4.69) is 15.2 Å². The number of allylic oxidation sites excluding steroid dienone is 1. The quantitative estimate of drug-likeness (QED) is 0.583. The number of hydrogen-bond donors (Lipinski definition) is 1. The second-order valence-electron chi connectivity index (χ2n) is 8.23. The van der Waals surface area contributed by atoms with Crippen LogP contribution in [0.2, 0.25) is 0 Å². The zero-order valence-electron chi connectivity index (χ0n) is 19.0. The number of nitrogens with one attached hydrogen (secondary N) is 1. The van der Waals surface area contributed by atoms with Gasteiger partial charge in [-0.15, -0.1) is 0 Å². The minimum Gasteiger partial charge on any atom is -0.466 e. The number of likely N-dealkylation sites (tertiary alicyclic amines) is 1. The lowest BCUT2D eigenvalue weighted by atomic mass is 9.93. The number of halogens is 1. The molecule has 0 spiro atoms. The van der Waals surface area contributed by atoms with Crippen LogP contribution < -0.4 is 5.32 Å². The van der Waals surface area contributed by atoms with Gasteiger partial charge in [0, 0.05) is 18.8 Å². The van der Waals surface area contributed by atoms with Crippen LogP contribution in [0.1, 0.15) is 44.2 Å². The van der Waals surface area contributed by atoms with Gasteiger partial charge < -0.3 is 19.9 Å². The average molecular weight is 473 g/mol. The number of esters is 1. The van der Waals surface area contributed by atoms with Gasteiger partial charge in [0.15, 0.2) is 5.17 Å². The van der Waals surface area contributed by atoms with Gasteiger partial charge in [0.1, 0.15) is 5.82 Å². The molecule has 9 heteroatoms. The van der Waals surface area contributed by atoms with E-state index >= 15 is 0 Å². The van der Waals surface area contributed by atoms with E-state index in [-0.39, 0.29) is 12.3 Å². The number of carbonyl (C=O) groups is 2. The predicted octanol–water partition coefficient (Wildman–Crippen LogP) is 3.57. The van der Waals surface area contributed by atoms with E-state index in [1.165, 1.54) is 43.8 Å². The van der Waals surface area contributed by atoms with Gasteiger partial charge >= 0.3 is 5.97 Å². The molecule has 1 fully saturated rings. The van der Waals surface area contributed by atoms with Crippen molar-refractivity contribution >= 4 is 28.8 Å². The summed E-state index contributed by atoms with van der Waals surface area (Å²) in [5, 5.41) is 5.56. The maximum atomic E-state index is 14.2. The third kappa shape index (κ3) is 5.14. The lowest BCUT2D eigenvalue weighted by molar-refractivity contribution is -0.136. The van der Waals surface area contributed by atoms with Crippen molar-refractivity contribution in [3.63, 3.8) is 0 Å². The summed E-state index contributed by atoms with van der Waals surface area (Å²) in [4.78, 5) is 34.4. The number of thioether (sulfide) groups is 1. The number of benzene rings is 1. The first-order chi connectivity index (χ1) is 16.0. The van der Waals surface area contributed by atoms with E-state index in [1.807, 2.05) is 17.2 Å². The van der Waals surface area contributed by atoms with Crippen LogP contribution in [-0.4, -0.2) is 60.1 Å². The summed E-state index contributed by atoms with van der Waals surface area (Å²) in [7, 11) is 1.33. The standard InChI is InChI=1S/C24H29FN4O3S/c1-3-19-21(23(31)32-2)22(16-7-6-8-17(25)13-16)29-18(15-33-24(29)27-19)14-20(30)26-9-12-28-10-4-5-11-28/h6-8,13,15,22H,3-5,9-12,14H2,1-2H3,(H,26,30).